The Balaban J connectivity index is 1.61. The van der Waals surface area contributed by atoms with Crippen molar-refractivity contribution in [2.45, 2.75) is 39.8 Å². The number of H-pyrrole nitrogens is 1. The third-order valence-corrected chi connectivity index (χ3v) is 4.30. The van der Waals surface area contributed by atoms with Crippen LogP contribution in [0, 0.1) is 0 Å². The van der Waals surface area contributed by atoms with E-state index in [0.29, 0.717) is 13.1 Å². The van der Waals surface area contributed by atoms with Crippen molar-refractivity contribution >= 4 is 16.9 Å². The number of benzene rings is 1. The summed E-state index contributed by atoms with van der Waals surface area (Å²) in [4.78, 5) is 7.71. The van der Waals surface area contributed by atoms with Crippen molar-refractivity contribution in [1.29, 1.82) is 0 Å². The molecule has 2 heterocycles. The monoisotopic (exact) mass is 339 g/mol. The number of hydrogen-bond acceptors (Lipinski definition) is 3. The van der Waals surface area contributed by atoms with Crippen LogP contribution in [0.2, 0.25) is 0 Å². The minimum absolute atomic E-state index is 0.655. The SMILES string of the molecule is CCc1noc(CC)c1CNC(=NC)NCc1cc2ccccc2[nH]1. The molecular formula is C19H25N5O. The number of nitrogens with zero attached hydrogens (tertiary/aromatic N) is 2. The summed E-state index contributed by atoms with van der Waals surface area (Å²) >= 11 is 0. The molecular weight excluding hydrogens is 314 g/mol. The van der Waals surface area contributed by atoms with E-state index in [1.54, 1.807) is 7.05 Å². The van der Waals surface area contributed by atoms with Gasteiger partial charge >= 0.3 is 0 Å². The van der Waals surface area contributed by atoms with Crippen LogP contribution in [0.1, 0.15) is 36.6 Å². The van der Waals surface area contributed by atoms with Gasteiger partial charge in [0.25, 0.3) is 0 Å². The number of para-hydroxylation sites is 1. The molecule has 3 rings (SSSR count). The first-order valence-electron chi connectivity index (χ1n) is 8.72. The van der Waals surface area contributed by atoms with Gasteiger partial charge in [0, 0.05) is 36.8 Å². The van der Waals surface area contributed by atoms with Gasteiger partial charge in [0.1, 0.15) is 5.76 Å². The van der Waals surface area contributed by atoms with Gasteiger partial charge in [-0.05, 0) is 23.9 Å². The van der Waals surface area contributed by atoms with Crippen LogP contribution in [0.5, 0.6) is 0 Å². The van der Waals surface area contributed by atoms with Crippen molar-refractivity contribution < 1.29 is 4.52 Å². The fourth-order valence-corrected chi connectivity index (χ4v) is 2.94. The molecule has 0 fully saturated rings. The molecule has 6 heteroatoms. The predicted octanol–water partition coefficient (Wildman–Crippen LogP) is 3.15. The van der Waals surface area contributed by atoms with Crippen molar-refractivity contribution in [3.05, 3.63) is 53.0 Å². The van der Waals surface area contributed by atoms with E-state index in [-0.39, 0.29) is 0 Å². The number of hydrogen-bond donors (Lipinski definition) is 3. The van der Waals surface area contributed by atoms with Crippen LogP contribution < -0.4 is 10.6 Å². The molecule has 0 spiro atoms. The molecule has 0 radical (unpaired) electrons. The Morgan fingerprint density at radius 1 is 1.16 bits per heavy atom. The molecule has 0 amide bonds. The largest absolute Gasteiger partial charge is 0.361 e. The number of aromatic amines is 1. The highest BCUT2D eigenvalue weighted by Gasteiger charge is 2.13. The van der Waals surface area contributed by atoms with Gasteiger partial charge in [0.2, 0.25) is 0 Å². The number of aryl methyl sites for hydroxylation is 2. The minimum atomic E-state index is 0.655. The molecule has 0 unspecified atom stereocenters. The van der Waals surface area contributed by atoms with Gasteiger partial charge in [0.05, 0.1) is 12.2 Å². The molecule has 0 bridgehead atoms. The Hall–Kier alpha value is -2.76. The van der Waals surface area contributed by atoms with E-state index in [1.165, 1.54) is 5.39 Å². The number of rotatable bonds is 6. The highest BCUT2D eigenvalue weighted by atomic mass is 16.5. The summed E-state index contributed by atoms with van der Waals surface area (Å²) in [6.07, 6.45) is 1.70. The first-order valence-corrected chi connectivity index (χ1v) is 8.72. The third kappa shape index (κ3) is 3.84. The van der Waals surface area contributed by atoms with E-state index in [1.807, 2.05) is 12.1 Å². The maximum atomic E-state index is 5.41. The van der Waals surface area contributed by atoms with Crippen LogP contribution in [0.4, 0.5) is 0 Å². The smallest absolute Gasteiger partial charge is 0.191 e. The van der Waals surface area contributed by atoms with Crippen LogP contribution in [-0.2, 0) is 25.9 Å². The molecule has 0 atom stereocenters. The highest BCUT2D eigenvalue weighted by molar-refractivity contribution is 5.81. The molecule has 3 N–H and O–H groups in total. The number of fused-ring (bicyclic) bond motifs is 1. The third-order valence-electron chi connectivity index (χ3n) is 4.30. The summed E-state index contributed by atoms with van der Waals surface area (Å²) in [7, 11) is 1.77. The summed E-state index contributed by atoms with van der Waals surface area (Å²) in [5.74, 6) is 1.69. The van der Waals surface area contributed by atoms with E-state index in [0.717, 1.165) is 47.0 Å². The molecule has 132 valence electrons. The maximum Gasteiger partial charge on any atom is 0.191 e. The summed E-state index contributed by atoms with van der Waals surface area (Å²) in [5.41, 5.74) is 4.42. The number of aliphatic imine (C=N–C) groups is 1. The van der Waals surface area contributed by atoms with Crippen molar-refractivity contribution in [3.63, 3.8) is 0 Å². The Morgan fingerprint density at radius 3 is 2.68 bits per heavy atom. The average Bonchev–Trinajstić information content (AvgIpc) is 3.24. The first kappa shape index (κ1) is 17.1. The maximum absolute atomic E-state index is 5.41. The van der Waals surface area contributed by atoms with Crippen LogP contribution >= 0.6 is 0 Å². The lowest BCUT2D eigenvalue weighted by Gasteiger charge is -2.11. The molecule has 0 aliphatic rings. The van der Waals surface area contributed by atoms with Crippen LogP contribution in [-0.4, -0.2) is 23.1 Å². The van der Waals surface area contributed by atoms with E-state index in [9.17, 15) is 0 Å². The fourth-order valence-electron chi connectivity index (χ4n) is 2.94. The van der Waals surface area contributed by atoms with Gasteiger partial charge in [-0.1, -0.05) is 37.2 Å². The zero-order valence-electron chi connectivity index (χ0n) is 15.0. The molecule has 0 aliphatic carbocycles. The summed E-state index contributed by atoms with van der Waals surface area (Å²) in [6, 6.07) is 10.4. The van der Waals surface area contributed by atoms with Gasteiger partial charge in [-0.3, -0.25) is 4.99 Å². The van der Waals surface area contributed by atoms with Gasteiger partial charge in [0.15, 0.2) is 5.96 Å². The molecule has 6 nitrogen and oxygen atoms in total. The standard InChI is InChI=1S/C19H25N5O/c1-4-16-15(18(5-2)25-24-16)12-22-19(20-3)21-11-14-10-13-8-6-7-9-17(13)23-14/h6-10,23H,4-5,11-12H2,1-3H3,(H2,20,21,22). The zero-order valence-corrected chi connectivity index (χ0v) is 15.0. The summed E-state index contributed by atoms with van der Waals surface area (Å²) in [6.45, 7) is 5.50. The Labute approximate surface area is 147 Å². The normalized spacial score (nSPS) is 11.9. The lowest BCUT2D eigenvalue weighted by molar-refractivity contribution is 0.380. The van der Waals surface area contributed by atoms with Gasteiger partial charge in [-0.25, -0.2) is 0 Å². The van der Waals surface area contributed by atoms with Crippen LogP contribution in [0.3, 0.4) is 0 Å². The Morgan fingerprint density at radius 2 is 1.96 bits per heavy atom. The lowest BCUT2D eigenvalue weighted by atomic mass is 10.1. The number of nitrogens with one attached hydrogen (secondary N) is 3. The van der Waals surface area contributed by atoms with Gasteiger partial charge in [-0.2, -0.15) is 0 Å². The van der Waals surface area contributed by atoms with Crippen molar-refractivity contribution in [2.24, 2.45) is 4.99 Å². The lowest BCUT2D eigenvalue weighted by Crippen LogP contribution is -2.36. The second-order valence-electron chi connectivity index (χ2n) is 5.90. The Bertz CT molecular complexity index is 807. The summed E-state index contributed by atoms with van der Waals surface area (Å²) in [5, 5.41) is 12.1. The number of aromatic nitrogens is 2. The second kappa shape index (κ2) is 7.88. The van der Waals surface area contributed by atoms with Gasteiger partial charge < -0.3 is 20.1 Å². The van der Waals surface area contributed by atoms with Crippen LogP contribution in [0.25, 0.3) is 10.9 Å². The van der Waals surface area contributed by atoms with Crippen molar-refractivity contribution in [3.8, 4) is 0 Å². The quantitative estimate of drug-likeness (QED) is 0.476. The van der Waals surface area contributed by atoms with Crippen LogP contribution in [0.15, 0.2) is 39.8 Å². The Kier molecular flexibility index (Phi) is 5.38. The van der Waals surface area contributed by atoms with E-state index in [4.69, 9.17) is 4.52 Å². The predicted molar refractivity (Wildman–Crippen MR) is 101 cm³/mol. The topological polar surface area (TPSA) is 78.2 Å². The molecule has 0 saturated heterocycles. The van der Waals surface area contributed by atoms with E-state index < -0.39 is 0 Å². The molecule has 0 saturated carbocycles. The molecule has 3 aromatic rings. The van der Waals surface area contributed by atoms with Crippen molar-refractivity contribution in [2.75, 3.05) is 7.05 Å². The minimum Gasteiger partial charge on any atom is -0.361 e. The fraction of sp³-hybridized carbons (Fsp3) is 0.368. The molecule has 2 aromatic heterocycles. The second-order valence-corrected chi connectivity index (χ2v) is 5.90. The summed E-state index contributed by atoms with van der Waals surface area (Å²) < 4.78 is 5.41. The highest BCUT2D eigenvalue weighted by Crippen LogP contribution is 2.16. The zero-order chi connectivity index (χ0) is 17.6. The molecule has 25 heavy (non-hydrogen) atoms. The first-order chi connectivity index (χ1) is 12.2. The molecule has 1 aromatic carbocycles. The van der Waals surface area contributed by atoms with Gasteiger partial charge in [-0.15, -0.1) is 0 Å². The van der Waals surface area contributed by atoms with E-state index >= 15 is 0 Å². The molecule has 0 aliphatic heterocycles. The average molecular weight is 339 g/mol. The van der Waals surface area contributed by atoms with E-state index in [2.05, 4.69) is 57.8 Å². The van der Waals surface area contributed by atoms with Crippen molar-refractivity contribution in [1.82, 2.24) is 20.8 Å². The number of guanidine groups is 1.